The maximum absolute atomic E-state index is 11.9. The van der Waals surface area contributed by atoms with E-state index in [1.54, 1.807) is 20.8 Å². The van der Waals surface area contributed by atoms with Crippen LogP contribution in [-0.2, 0) is 23.9 Å². The van der Waals surface area contributed by atoms with Crippen LogP contribution in [0.25, 0.3) is 0 Å². The molecule has 0 unspecified atom stereocenters. The Morgan fingerprint density at radius 3 is 2.25 bits per heavy atom. The fourth-order valence-electron chi connectivity index (χ4n) is 2.13. The Kier molecular flexibility index (Phi) is 4.86. The number of ether oxygens (including phenoxy) is 2. The minimum atomic E-state index is -0.834. The largest absolute Gasteiger partial charge is 0.469 e. The van der Waals surface area contributed by atoms with E-state index in [9.17, 15) is 19.2 Å². The second kappa shape index (κ2) is 6.02. The third kappa shape index (κ3) is 3.55. The van der Waals surface area contributed by atoms with Crippen LogP contribution in [0.2, 0.25) is 0 Å². The first-order valence-corrected chi connectivity index (χ1v) is 6.25. The van der Waals surface area contributed by atoms with E-state index in [1.165, 1.54) is 7.11 Å². The summed E-state index contributed by atoms with van der Waals surface area (Å²) >= 11 is 0. The number of hydrogen-bond acceptors (Lipinski definition) is 6. The fraction of sp³-hybridized carbons (Fsp3) is 0.692. The number of amides is 2. The highest BCUT2D eigenvalue weighted by Crippen LogP contribution is 2.46. The molecule has 0 aliphatic heterocycles. The highest BCUT2D eigenvalue weighted by Gasteiger charge is 2.60. The van der Waals surface area contributed by atoms with Gasteiger partial charge in [-0.15, -0.1) is 0 Å². The van der Waals surface area contributed by atoms with Crippen LogP contribution >= 0.6 is 0 Å². The zero-order valence-corrected chi connectivity index (χ0v) is 12.0. The summed E-state index contributed by atoms with van der Waals surface area (Å²) in [5.74, 6) is -1.61. The lowest BCUT2D eigenvalue weighted by Crippen LogP contribution is -2.39. The lowest BCUT2D eigenvalue weighted by molar-refractivity contribution is -0.142. The minimum Gasteiger partial charge on any atom is -0.469 e. The number of carbonyl (C=O) groups is 4. The van der Waals surface area contributed by atoms with Crippen LogP contribution in [0.1, 0.15) is 27.2 Å². The average molecular weight is 285 g/mol. The molecule has 0 aromatic carbocycles. The molecule has 1 saturated carbocycles. The van der Waals surface area contributed by atoms with Gasteiger partial charge in [0.25, 0.3) is 0 Å². The van der Waals surface area contributed by atoms with Crippen LogP contribution in [0, 0.1) is 11.8 Å². The summed E-state index contributed by atoms with van der Waals surface area (Å²) < 4.78 is 9.70. The standard InChI is InChI=1S/C13H19NO6/c1-13(2,3)20-12(18)14(7-16)10-8(5-6-15)9(10)11(17)19-4/h6-10H,5H2,1-4H3/t8-,9-,10-/m1/s1. The van der Waals surface area contributed by atoms with Crippen LogP contribution in [0.15, 0.2) is 0 Å². The van der Waals surface area contributed by atoms with Crippen LogP contribution in [0.3, 0.4) is 0 Å². The van der Waals surface area contributed by atoms with Crippen molar-refractivity contribution in [1.82, 2.24) is 4.90 Å². The molecular weight excluding hydrogens is 266 g/mol. The fourth-order valence-corrected chi connectivity index (χ4v) is 2.13. The summed E-state index contributed by atoms with van der Waals surface area (Å²) in [6.45, 7) is 5.00. The summed E-state index contributed by atoms with van der Waals surface area (Å²) in [6, 6.07) is -0.681. The van der Waals surface area contributed by atoms with Crippen molar-refractivity contribution in [2.45, 2.75) is 38.8 Å². The Balaban J connectivity index is 2.83. The van der Waals surface area contributed by atoms with Crippen molar-refractivity contribution in [3.8, 4) is 0 Å². The van der Waals surface area contributed by atoms with Crippen molar-refractivity contribution in [3.05, 3.63) is 0 Å². The molecule has 0 aromatic heterocycles. The lowest BCUT2D eigenvalue weighted by Gasteiger charge is -2.24. The molecular formula is C13H19NO6. The molecule has 1 rings (SSSR count). The van der Waals surface area contributed by atoms with Gasteiger partial charge in [0.1, 0.15) is 11.9 Å². The molecule has 1 aliphatic rings. The second-order valence-corrected chi connectivity index (χ2v) is 5.60. The number of carbonyl (C=O) groups excluding carboxylic acids is 4. The Bertz CT molecular complexity index is 414. The van der Waals surface area contributed by atoms with Crippen LogP contribution < -0.4 is 0 Å². The van der Waals surface area contributed by atoms with Gasteiger partial charge in [-0.3, -0.25) is 9.59 Å². The number of aldehydes is 1. The second-order valence-electron chi connectivity index (χ2n) is 5.60. The Hall–Kier alpha value is -1.92. The van der Waals surface area contributed by atoms with Crippen molar-refractivity contribution < 1.29 is 28.7 Å². The van der Waals surface area contributed by atoms with Gasteiger partial charge >= 0.3 is 12.1 Å². The molecule has 112 valence electrons. The lowest BCUT2D eigenvalue weighted by atomic mass is 10.2. The first-order valence-electron chi connectivity index (χ1n) is 6.25. The third-order valence-corrected chi connectivity index (χ3v) is 3.01. The number of hydrogen-bond donors (Lipinski definition) is 0. The Morgan fingerprint density at radius 2 is 1.85 bits per heavy atom. The van der Waals surface area contributed by atoms with Crippen LogP contribution in [0.5, 0.6) is 0 Å². The number of imide groups is 1. The van der Waals surface area contributed by atoms with Gasteiger partial charge in [-0.1, -0.05) is 0 Å². The monoisotopic (exact) mass is 285 g/mol. The van der Waals surface area contributed by atoms with Gasteiger partial charge in [0.05, 0.1) is 19.1 Å². The molecule has 3 atom stereocenters. The summed E-state index contributed by atoms with van der Waals surface area (Å²) in [7, 11) is 1.22. The predicted octanol–water partition coefficient (Wildman–Crippen LogP) is 0.756. The van der Waals surface area contributed by atoms with Gasteiger partial charge in [0.15, 0.2) is 0 Å². The highest BCUT2D eigenvalue weighted by molar-refractivity contribution is 5.86. The van der Waals surface area contributed by atoms with Gasteiger partial charge in [0, 0.05) is 12.3 Å². The van der Waals surface area contributed by atoms with Gasteiger partial charge in [-0.05, 0) is 20.8 Å². The summed E-state index contributed by atoms with van der Waals surface area (Å²) in [4.78, 5) is 46.0. The van der Waals surface area contributed by atoms with E-state index in [2.05, 4.69) is 4.74 Å². The van der Waals surface area contributed by atoms with Crippen molar-refractivity contribution in [2.75, 3.05) is 7.11 Å². The number of esters is 1. The van der Waals surface area contributed by atoms with E-state index in [4.69, 9.17) is 4.74 Å². The predicted molar refractivity (Wildman–Crippen MR) is 67.6 cm³/mol. The molecule has 7 heteroatoms. The zero-order valence-electron chi connectivity index (χ0n) is 12.0. The van der Waals surface area contributed by atoms with Gasteiger partial charge < -0.3 is 14.3 Å². The van der Waals surface area contributed by atoms with Crippen molar-refractivity contribution in [1.29, 1.82) is 0 Å². The molecule has 0 bridgehead atoms. The topological polar surface area (TPSA) is 90.0 Å². The first-order chi connectivity index (χ1) is 9.26. The first kappa shape index (κ1) is 16.1. The summed E-state index contributed by atoms with van der Waals surface area (Å²) in [5, 5.41) is 0. The van der Waals surface area contributed by atoms with Gasteiger partial charge in [-0.2, -0.15) is 0 Å². The van der Waals surface area contributed by atoms with Gasteiger partial charge in [-0.25, -0.2) is 9.69 Å². The smallest absolute Gasteiger partial charge is 0.417 e. The van der Waals surface area contributed by atoms with Gasteiger partial charge in [0.2, 0.25) is 6.41 Å². The molecule has 0 spiro atoms. The molecule has 0 heterocycles. The quantitative estimate of drug-likeness (QED) is 0.547. The average Bonchev–Trinajstić information content (AvgIpc) is 3.01. The molecule has 7 nitrogen and oxygen atoms in total. The number of methoxy groups -OCH3 is 1. The van der Waals surface area contributed by atoms with Crippen LogP contribution in [0.4, 0.5) is 4.79 Å². The Labute approximate surface area is 117 Å². The normalized spacial score (nSPS) is 24.5. The molecule has 0 aromatic rings. The van der Waals surface area contributed by atoms with Crippen molar-refractivity contribution >= 4 is 24.8 Å². The molecule has 0 saturated heterocycles. The minimum absolute atomic E-state index is 0.0809. The van der Waals surface area contributed by atoms with E-state index < -0.39 is 35.5 Å². The van der Waals surface area contributed by atoms with E-state index in [0.29, 0.717) is 12.7 Å². The molecule has 0 radical (unpaired) electrons. The molecule has 1 aliphatic carbocycles. The van der Waals surface area contributed by atoms with Crippen LogP contribution in [-0.4, -0.2) is 48.4 Å². The maximum atomic E-state index is 11.9. The maximum Gasteiger partial charge on any atom is 0.417 e. The molecule has 1 fully saturated rings. The third-order valence-electron chi connectivity index (χ3n) is 3.01. The Morgan fingerprint density at radius 1 is 1.25 bits per heavy atom. The number of rotatable bonds is 5. The molecule has 2 amide bonds. The number of nitrogens with zero attached hydrogens (tertiary/aromatic N) is 1. The molecule has 20 heavy (non-hydrogen) atoms. The van der Waals surface area contributed by atoms with Crippen molar-refractivity contribution in [2.24, 2.45) is 11.8 Å². The zero-order chi connectivity index (χ0) is 15.5. The summed E-state index contributed by atoms with van der Waals surface area (Å²) in [5.41, 5.74) is -0.756. The summed E-state index contributed by atoms with van der Waals surface area (Å²) in [6.07, 6.45) is 0.218. The van der Waals surface area contributed by atoms with Crippen molar-refractivity contribution in [3.63, 3.8) is 0 Å². The van der Waals surface area contributed by atoms with E-state index in [0.717, 1.165) is 4.90 Å². The molecule has 0 N–H and O–H groups in total. The highest BCUT2D eigenvalue weighted by atomic mass is 16.6. The van der Waals surface area contributed by atoms with E-state index in [-0.39, 0.29) is 6.42 Å². The SMILES string of the molecule is COC(=O)[C@@H]1[C@@H](CC=O)[C@H]1N(C=O)C(=O)OC(C)(C)C. The van der Waals surface area contributed by atoms with E-state index >= 15 is 0 Å². The van der Waals surface area contributed by atoms with E-state index in [1.807, 2.05) is 0 Å².